The van der Waals surface area contributed by atoms with E-state index in [0.717, 1.165) is 24.6 Å². The molecule has 0 aliphatic carbocycles. The Labute approximate surface area is 123 Å². The lowest BCUT2D eigenvalue weighted by Gasteiger charge is -2.30. The Kier molecular flexibility index (Phi) is 4.84. The van der Waals surface area contributed by atoms with Gasteiger partial charge < -0.3 is 20.7 Å². The highest BCUT2D eigenvalue weighted by Gasteiger charge is 2.25. The van der Waals surface area contributed by atoms with Crippen molar-refractivity contribution in [3.63, 3.8) is 0 Å². The predicted octanol–water partition coefficient (Wildman–Crippen LogP) is 0.261. The Balaban J connectivity index is 2.07. The monoisotopic (exact) mass is 320 g/mol. The predicted molar refractivity (Wildman–Crippen MR) is 80.0 cm³/mol. The van der Waals surface area contributed by atoms with Crippen LogP contribution in [0.1, 0.15) is 6.92 Å². The fourth-order valence-corrected chi connectivity index (χ4v) is 4.22. The van der Waals surface area contributed by atoms with E-state index in [-0.39, 0.29) is 22.6 Å². The van der Waals surface area contributed by atoms with Crippen molar-refractivity contribution in [2.45, 2.75) is 17.9 Å². The number of nitrogens with one attached hydrogen (secondary N) is 1. The number of sulfone groups is 1. The largest absolute Gasteiger partial charge is 0.382 e. The van der Waals surface area contributed by atoms with Crippen molar-refractivity contribution in [3.05, 3.63) is 0 Å². The molecule has 1 aromatic rings. The van der Waals surface area contributed by atoms with Crippen LogP contribution in [0.5, 0.6) is 0 Å². The zero-order valence-electron chi connectivity index (χ0n) is 11.6. The molecule has 0 saturated carbocycles. The van der Waals surface area contributed by atoms with Gasteiger partial charge in [0.2, 0.25) is 0 Å². The average Bonchev–Trinajstić information content (AvgIpc) is 2.78. The molecular weight excluding hydrogens is 300 g/mol. The number of aromatic nitrogens is 1. The number of morpholine rings is 1. The van der Waals surface area contributed by atoms with Gasteiger partial charge in [-0.3, -0.25) is 0 Å². The highest BCUT2D eigenvalue weighted by Crippen LogP contribution is 2.32. The lowest BCUT2D eigenvalue weighted by molar-refractivity contribution is -0.0117. The highest BCUT2D eigenvalue weighted by atomic mass is 32.2. The van der Waals surface area contributed by atoms with Crippen molar-refractivity contribution >= 4 is 32.2 Å². The highest BCUT2D eigenvalue weighted by molar-refractivity contribution is 7.91. The van der Waals surface area contributed by atoms with E-state index in [9.17, 15) is 8.42 Å². The lowest BCUT2D eigenvalue weighted by atomic mass is 10.3. The van der Waals surface area contributed by atoms with Crippen LogP contribution in [-0.4, -0.2) is 62.8 Å². The average molecular weight is 320 g/mol. The second-order valence-corrected chi connectivity index (χ2v) is 7.75. The van der Waals surface area contributed by atoms with E-state index in [0.29, 0.717) is 18.2 Å². The molecule has 1 aromatic heterocycles. The Morgan fingerprint density at radius 3 is 3.00 bits per heavy atom. The van der Waals surface area contributed by atoms with Crippen LogP contribution in [0.25, 0.3) is 0 Å². The molecule has 0 amide bonds. The van der Waals surface area contributed by atoms with Crippen LogP contribution in [0.4, 0.5) is 10.8 Å². The lowest BCUT2D eigenvalue weighted by Crippen LogP contribution is -2.43. The van der Waals surface area contributed by atoms with Gasteiger partial charge >= 0.3 is 0 Å². The van der Waals surface area contributed by atoms with Gasteiger partial charge in [-0.25, -0.2) is 8.42 Å². The van der Waals surface area contributed by atoms with Crippen molar-refractivity contribution in [1.29, 1.82) is 0 Å². The molecule has 114 valence electrons. The number of likely N-dealkylation sites (N-methyl/N-ethyl adjacent to an activating group) is 1. The maximum absolute atomic E-state index is 12.0. The van der Waals surface area contributed by atoms with Crippen LogP contribution in [0.3, 0.4) is 0 Å². The summed E-state index contributed by atoms with van der Waals surface area (Å²) in [5.74, 6) is 0.0773. The Hall–Kier alpha value is -0.900. The third-order valence-electron chi connectivity index (χ3n) is 3.20. The number of ether oxygens (including phenoxy) is 1. The van der Waals surface area contributed by atoms with Crippen LogP contribution in [-0.2, 0) is 14.6 Å². The standard InChI is InChI=1S/C11H20N4O3S2/c1-3-20(16,17)9-10(12)14-19-11(9)13-6-8-7-15(2)4-5-18-8/h8,13H,3-7H2,1-2H3,(H2,12,14). The zero-order valence-corrected chi connectivity index (χ0v) is 13.3. The topological polar surface area (TPSA) is 97.5 Å². The number of nitrogens with two attached hydrogens (primary N) is 1. The van der Waals surface area contributed by atoms with Crippen LogP contribution < -0.4 is 11.1 Å². The van der Waals surface area contributed by atoms with E-state index in [1.54, 1.807) is 6.92 Å². The Morgan fingerprint density at radius 2 is 2.35 bits per heavy atom. The zero-order chi connectivity index (χ0) is 14.8. The smallest absolute Gasteiger partial charge is 0.184 e. The second-order valence-electron chi connectivity index (χ2n) is 4.77. The molecule has 3 N–H and O–H groups in total. The molecule has 0 aromatic carbocycles. The van der Waals surface area contributed by atoms with Gasteiger partial charge in [-0.15, -0.1) is 0 Å². The number of rotatable bonds is 5. The van der Waals surface area contributed by atoms with Gasteiger partial charge in [0.1, 0.15) is 9.90 Å². The Morgan fingerprint density at radius 1 is 1.60 bits per heavy atom. The van der Waals surface area contributed by atoms with Gasteiger partial charge in [-0.1, -0.05) is 6.92 Å². The molecule has 9 heteroatoms. The maximum Gasteiger partial charge on any atom is 0.184 e. The van der Waals surface area contributed by atoms with Gasteiger partial charge in [0.25, 0.3) is 0 Å². The van der Waals surface area contributed by atoms with E-state index in [4.69, 9.17) is 10.5 Å². The van der Waals surface area contributed by atoms with E-state index < -0.39 is 9.84 Å². The minimum Gasteiger partial charge on any atom is -0.382 e. The second kappa shape index (κ2) is 6.25. The molecule has 0 radical (unpaired) electrons. The molecule has 0 spiro atoms. The molecule has 1 saturated heterocycles. The van der Waals surface area contributed by atoms with E-state index in [2.05, 4.69) is 14.6 Å². The maximum atomic E-state index is 12.0. The number of hydrogen-bond donors (Lipinski definition) is 2. The summed E-state index contributed by atoms with van der Waals surface area (Å²) in [5, 5.41) is 3.61. The van der Waals surface area contributed by atoms with Gasteiger partial charge in [-0.05, 0) is 18.6 Å². The third kappa shape index (κ3) is 3.40. The number of hydrogen-bond acceptors (Lipinski definition) is 8. The first-order valence-corrected chi connectivity index (χ1v) is 8.88. The van der Waals surface area contributed by atoms with E-state index in [1.807, 2.05) is 7.05 Å². The van der Waals surface area contributed by atoms with Crippen LogP contribution >= 0.6 is 11.5 Å². The number of nitrogens with zero attached hydrogens (tertiary/aromatic N) is 2. The van der Waals surface area contributed by atoms with Crippen LogP contribution in [0.2, 0.25) is 0 Å². The first-order valence-electron chi connectivity index (χ1n) is 6.46. The summed E-state index contributed by atoms with van der Waals surface area (Å²) in [6.07, 6.45) is 0.0363. The summed E-state index contributed by atoms with van der Waals surface area (Å²) in [6, 6.07) is 0. The molecule has 20 heavy (non-hydrogen) atoms. The summed E-state index contributed by atoms with van der Waals surface area (Å²) in [6.45, 7) is 4.55. The van der Waals surface area contributed by atoms with Gasteiger partial charge in [0.05, 0.1) is 18.5 Å². The molecule has 2 heterocycles. The van der Waals surface area contributed by atoms with Crippen molar-refractivity contribution in [2.75, 3.05) is 50.1 Å². The fraction of sp³-hybridized carbons (Fsp3) is 0.727. The molecule has 1 aliphatic heterocycles. The molecule has 7 nitrogen and oxygen atoms in total. The van der Waals surface area contributed by atoms with E-state index in [1.165, 1.54) is 0 Å². The molecule has 1 aliphatic rings. The summed E-state index contributed by atoms with van der Waals surface area (Å²) >= 11 is 1.07. The molecule has 1 unspecified atom stereocenters. The minimum atomic E-state index is -3.37. The van der Waals surface area contributed by atoms with Gasteiger partial charge in [0, 0.05) is 19.6 Å². The normalized spacial score (nSPS) is 21.0. The third-order valence-corrected chi connectivity index (χ3v) is 5.94. The van der Waals surface area contributed by atoms with Gasteiger partial charge in [0.15, 0.2) is 15.7 Å². The van der Waals surface area contributed by atoms with Crippen molar-refractivity contribution in [3.8, 4) is 0 Å². The quantitative estimate of drug-likeness (QED) is 0.803. The minimum absolute atomic E-state index is 0.00690. The number of nitrogen functional groups attached to an aromatic ring is 1. The first-order chi connectivity index (χ1) is 9.44. The summed E-state index contributed by atoms with van der Waals surface area (Å²) in [7, 11) is -1.34. The molecular formula is C11H20N4O3S2. The SMILES string of the molecule is CCS(=O)(=O)c1c(N)nsc1NCC1CN(C)CCO1. The van der Waals surface area contributed by atoms with Crippen LogP contribution in [0.15, 0.2) is 4.90 Å². The number of anilines is 2. The van der Waals surface area contributed by atoms with Crippen molar-refractivity contribution in [1.82, 2.24) is 9.27 Å². The van der Waals surface area contributed by atoms with Gasteiger partial charge in [-0.2, -0.15) is 4.37 Å². The van der Waals surface area contributed by atoms with Crippen molar-refractivity contribution in [2.24, 2.45) is 0 Å². The first kappa shape index (κ1) is 15.5. The summed E-state index contributed by atoms with van der Waals surface area (Å²) in [4.78, 5) is 2.30. The molecule has 2 rings (SSSR count). The fourth-order valence-electron chi connectivity index (χ4n) is 2.05. The molecule has 1 atom stereocenters. The van der Waals surface area contributed by atoms with Crippen molar-refractivity contribution < 1.29 is 13.2 Å². The Bertz CT molecular complexity index is 558. The summed E-state index contributed by atoms with van der Waals surface area (Å²) in [5.41, 5.74) is 5.67. The summed E-state index contributed by atoms with van der Waals surface area (Å²) < 4.78 is 33.6. The molecule has 0 bridgehead atoms. The van der Waals surface area contributed by atoms with E-state index >= 15 is 0 Å². The molecule has 1 fully saturated rings. The van der Waals surface area contributed by atoms with Crippen LogP contribution in [0, 0.1) is 0 Å².